The Labute approximate surface area is 142 Å². The number of guanidine groups is 1. The summed E-state index contributed by atoms with van der Waals surface area (Å²) in [5, 5.41) is 0. The number of likely N-dealkylation sites (tertiary alicyclic amines) is 1. The Hall–Kier alpha value is -1.31. The average molecular weight is 399 g/mol. The van der Waals surface area contributed by atoms with Gasteiger partial charge in [-0.05, 0) is 30.9 Å². The molecule has 1 aliphatic rings. The van der Waals surface area contributed by atoms with Crippen LogP contribution in [0.3, 0.4) is 0 Å². The summed E-state index contributed by atoms with van der Waals surface area (Å²) in [7, 11) is 0. The molecule has 0 spiro atoms. The Balaban J connectivity index is 0.00000161. The lowest BCUT2D eigenvalue weighted by molar-refractivity contribution is 0.270. The van der Waals surface area contributed by atoms with Crippen LogP contribution in [0.15, 0.2) is 35.6 Å². The highest BCUT2D eigenvalue weighted by molar-refractivity contribution is 14.0. The zero-order chi connectivity index (χ0) is 13.9. The molecule has 2 aromatic heterocycles. The number of pyridine rings is 1. The number of nitrogens with two attached hydrogens (primary N) is 1. The van der Waals surface area contributed by atoms with Crippen molar-refractivity contribution in [3.05, 3.63) is 36.3 Å². The summed E-state index contributed by atoms with van der Waals surface area (Å²) in [4.78, 5) is 11.2. The molecule has 0 radical (unpaired) electrons. The van der Waals surface area contributed by atoms with E-state index in [1.165, 1.54) is 12.8 Å². The van der Waals surface area contributed by atoms with E-state index < -0.39 is 0 Å². The SMILES string of the molecule is CC1CCCN(C(N)=NCc2cn3ccccc3n2)C1.I. The van der Waals surface area contributed by atoms with Gasteiger partial charge in [-0.2, -0.15) is 0 Å². The highest BCUT2D eigenvalue weighted by Crippen LogP contribution is 2.15. The van der Waals surface area contributed by atoms with Gasteiger partial charge in [-0.25, -0.2) is 9.98 Å². The maximum atomic E-state index is 6.09. The van der Waals surface area contributed by atoms with Crippen molar-refractivity contribution in [2.75, 3.05) is 13.1 Å². The van der Waals surface area contributed by atoms with Crippen LogP contribution in [-0.2, 0) is 6.54 Å². The molecule has 3 heterocycles. The quantitative estimate of drug-likeness (QED) is 0.480. The van der Waals surface area contributed by atoms with E-state index in [0.29, 0.717) is 18.4 Å². The van der Waals surface area contributed by atoms with E-state index in [9.17, 15) is 0 Å². The molecule has 0 aromatic carbocycles. The molecule has 5 nitrogen and oxygen atoms in total. The summed E-state index contributed by atoms with van der Waals surface area (Å²) in [6, 6.07) is 5.97. The summed E-state index contributed by atoms with van der Waals surface area (Å²) in [6.07, 6.45) is 6.48. The molecule has 2 N–H and O–H groups in total. The second-order valence-electron chi connectivity index (χ2n) is 5.57. The van der Waals surface area contributed by atoms with E-state index in [4.69, 9.17) is 5.73 Å². The number of nitrogens with zero attached hydrogens (tertiary/aromatic N) is 4. The van der Waals surface area contributed by atoms with Crippen molar-refractivity contribution >= 4 is 35.6 Å². The molecular weight excluding hydrogens is 377 g/mol. The van der Waals surface area contributed by atoms with Gasteiger partial charge in [0.1, 0.15) is 5.65 Å². The summed E-state index contributed by atoms with van der Waals surface area (Å²) >= 11 is 0. The van der Waals surface area contributed by atoms with E-state index in [1.54, 1.807) is 0 Å². The van der Waals surface area contributed by atoms with Crippen LogP contribution in [-0.4, -0.2) is 33.3 Å². The highest BCUT2D eigenvalue weighted by atomic mass is 127. The molecule has 2 aromatic rings. The molecule has 21 heavy (non-hydrogen) atoms. The number of rotatable bonds is 2. The number of aromatic nitrogens is 2. The zero-order valence-corrected chi connectivity index (χ0v) is 14.6. The first-order valence-electron chi connectivity index (χ1n) is 7.20. The second-order valence-corrected chi connectivity index (χ2v) is 5.57. The molecule has 1 aliphatic heterocycles. The predicted molar refractivity (Wildman–Crippen MR) is 95.9 cm³/mol. The lowest BCUT2D eigenvalue weighted by atomic mass is 10.0. The maximum Gasteiger partial charge on any atom is 0.191 e. The molecule has 1 fully saturated rings. The third-order valence-corrected chi connectivity index (χ3v) is 3.80. The smallest absolute Gasteiger partial charge is 0.191 e. The highest BCUT2D eigenvalue weighted by Gasteiger charge is 2.17. The van der Waals surface area contributed by atoms with Crippen molar-refractivity contribution < 1.29 is 0 Å². The fourth-order valence-electron chi connectivity index (χ4n) is 2.72. The summed E-state index contributed by atoms with van der Waals surface area (Å²) in [5.41, 5.74) is 7.99. The van der Waals surface area contributed by atoms with Crippen LogP contribution in [0.2, 0.25) is 0 Å². The standard InChI is InChI=1S/C15H21N5.HI/c1-12-5-4-8-20(10-12)15(16)17-9-13-11-19-7-3-2-6-14(19)18-13;/h2-3,6-7,11-12H,4-5,8-10H2,1H3,(H2,16,17);1H. The molecule has 3 rings (SSSR count). The molecule has 1 unspecified atom stereocenters. The van der Waals surface area contributed by atoms with Crippen LogP contribution in [0.25, 0.3) is 5.65 Å². The maximum absolute atomic E-state index is 6.09. The van der Waals surface area contributed by atoms with E-state index in [1.807, 2.05) is 35.0 Å². The summed E-state index contributed by atoms with van der Waals surface area (Å²) in [6.45, 7) is 4.84. The molecule has 0 aliphatic carbocycles. The fourth-order valence-corrected chi connectivity index (χ4v) is 2.72. The summed E-state index contributed by atoms with van der Waals surface area (Å²) < 4.78 is 2.00. The Bertz CT molecular complexity index is 588. The molecule has 0 bridgehead atoms. The van der Waals surface area contributed by atoms with Crippen LogP contribution in [0.4, 0.5) is 0 Å². The van der Waals surface area contributed by atoms with Gasteiger partial charge in [0, 0.05) is 25.5 Å². The Morgan fingerprint density at radius 2 is 2.33 bits per heavy atom. The number of halogens is 1. The van der Waals surface area contributed by atoms with Crippen LogP contribution in [0.5, 0.6) is 0 Å². The van der Waals surface area contributed by atoms with Gasteiger partial charge in [-0.15, -0.1) is 24.0 Å². The number of imidazole rings is 1. The van der Waals surface area contributed by atoms with Crippen molar-refractivity contribution in [1.29, 1.82) is 0 Å². The van der Waals surface area contributed by atoms with Crippen molar-refractivity contribution in [2.24, 2.45) is 16.6 Å². The van der Waals surface area contributed by atoms with E-state index in [-0.39, 0.29) is 24.0 Å². The number of fused-ring (bicyclic) bond motifs is 1. The first-order chi connectivity index (χ1) is 9.72. The third kappa shape index (κ3) is 3.87. The van der Waals surface area contributed by atoms with Crippen LogP contribution in [0.1, 0.15) is 25.5 Å². The molecule has 1 saturated heterocycles. The number of hydrogen-bond acceptors (Lipinski definition) is 2. The van der Waals surface area contributed by atoms with Gasteiger partial charge < -0.3 is 15.0 Å². The van der Waals surface area contributed by atoms with Gasteiger partial charge in [0.25, 0.3) is 0 Å². The third-order valence-electron chi connectivity index (χ3n) is 3.80. The monoisotopic (exact) mass is 399 g/mol. The van der Waals surface area contributed by atoms with Crippen molar-refractivity contribution in [2.45, 2.75) is 26.3 Å². The van der Waals surface area contributed by atoms with Crippen LogP contribution < -0.4 is 5.73 Å². The van der Waals surface area contributed by atoms with Crippen molar-refractivity contribution in [3.8, 4) is 0 Å². The van der Waals surface area contributed by atoms with E-state index >= 15 is 0 Å². The Morgan fingerprint density at radius 3 is 3.10 bits per heavy atom. The number of aliphatic imine (C=N–C) groups is 1. The Morgan fingerprint density at radius 1 is 1.48 bits per heavy atom. The fraction of sp³-hybridized carbons (Fsp3) is 0.467. The van der Waals surface area contributed by atoms with Gasteiger partial charge in [0.15, 0.2) is 5.96 Å². The van der Waals surface area contributed by atoms with Crippen LogP contribution >= 0.6 is 24.0 Å². The van der Waals surface area contributed by atoms with Crippen molar-refractivity contribution in [1.82, 2.24) is 14.3 Å². The predicted octanol–water partition coefficient (Wildman–Crippen LogP) is 2.50. The molecule has 114 valence electrons. The molecular formula is C15H22IN5. The average Bonchev–Trinajstić information content (AvgIpc) is 2.87. The summed E-state index contributed by atoms with van der Waals surface area (Å²) in [5.74, 6) is 1.35. The number of piperidine rings is 1. The molecule has 6 heteroatoms. The minimum atomic E-state index is 0. The van der Waals surface area contributed by atoms with Gasteiger partial charge >= 0.3 is 0 Å². The minimum absolute atomic E-state index is 0. The normalized spacial score (nSPS) is 19.6. The zero-order valence-electron chi connectivity index (χ0n) is 12.3. The van der Waals surface area contributed by atoms with Gasteiger partial charge in [0.2, 0.25) is 0 Å². The van der Waals surface area contributed by atoms with Crippen molar-refractivity contribution in [3.63, 3.8) is 0 Å². The Kier molecular flexibility index (Phi) is 5.44. The first kappa shape index (κ1) is 16.1. The second kappa shape index (κ2) is 7.11. The first-order valence-corrected chi connectivity index (χ1v) is 7.20. The lowest BCUT2D eigenvalue weighted by Crippen LogP contribution is -2.43. The van der Waals surface area contributed by atoms with E-state index in [0.717, 1.165) is 24.4 Å². The molecule has 0 saturated carbocycles. The van der Waals surface area contributed by atoms with E-state index in [2.05, 4.69) is 21.8 Å². The lowest BCUT2D eigenvalue weighted by Gasteiger charge is -2.31. The van der Waals surface area contributed by atoms with Gasteiger partial charge in [0.05, 0.1) is 12.2 Å². The van der Waals surface area contributed by atoms with Crippen LogP contribution in [0, 0.1) is 5.92 Å². The van der Waals surface area contributed by atoms with Gasteiger partial charge in [-0.3, -0.25) is 0 Å². The minimum Gasteiger partial charge on any atom is -0.370 e. The van der Waals surface area contributed by atoms with Gasteiger partial charge in [-0.1, -0.05) is 13.0 Å². The largest absolute Gasteiger partial charge is 0.370 e. The molecule has 1 atom stereocenters. The topological polar surface area (TPSA) is 58.9 Å². The number of hydrogen-bond donors (Lipinski definition) is 1. The molecule has 0 amide bonds.